The summed E-state index contributed by atoms with van der Waals surface area (Å²) in [4.78, 5) is 72.7. The highest BCUT2D eigenvalue weighted by molar-refractivity contribution is 6.24. The van der Waals surface area contributed by atoms with E-state index < -0.39 is 84.3 Å². The maximum absolute atomic E-state index is 13.1. The third-order valence-corrected chi connectivity index (χ3v) is 5.21. The van der Waals surface area contributed by atoms with Crippen LogP contribution >= 0.6 is 0 Å². The van der Waals surface area contributed by atoms with E-state index in [1.165, 1.54) is 18.2 Å². The molecule has 13 nitrogen and oxygen atoms in total. The normalized spacial score (nSPS) is 24.8. The van der Waals surface area contributed by atoms with Crippen molar-refractivity contribution in [2.45, 2.75) is 58.4 Å². The molecule has 13 heteroatoms. The molecule has 0 saturated carbocycles. The average Bonchev–Trinajstić information content (AvgIpc) is 2.78. The number of benzene rings is 1. The summed E-state index contributed by atoms with van der Waals surface area (Å²) in [5.74, 6) is -5.83. The molecular weight excluding hydrogens is 496 g/mol. The van der Waals surface area contributed by atoms with Gasteiger partial charge in [0.15, 0.2) is 23.8 Å². The lowest BCUT2D eigenvalue weighted by molar-refractivity contribution is -0.298. The van der Waals surface area contributed by atoms with Crippen molar-refractivity contribution in [3.63, 3.8) is 0 Å². The van der Waals surface area contributed by atoms with Gasteiger partial charge in [0.05, 0.1) is 5.56 Å². The van der Waals surface area contributed by atoms with E-state index >= 15 is 0 Å². The van der Waals surface area contributed by atoms with Crippen LogP contribution in [0.4, 0.5) is 0 Å². The molecule has 0 amide bonds. The topological polar surface area (TPSA) is 178 Å². The highest BCUT2D eigenvalue weighted by Gasteiger charge is 2.54. The number of esters is 4. The van der Waals surface area contributed by atoms with Crippen molar-refractivity contribution in [2.24, 2.45) is 0 Å². The molecule has 1 aliphatic carbocycles. The molecule has 3 rings (SSSR count). The van der Waals surface area contributed by atoms with Gasteiger partial charge in [-0.1, -0.05) is 12.1 Å². The molecule has 198 valence electrons. The minimum absolute atomic E-state index is 0.0566. The summed E-state index contributed by atoms with van der Waals surface area (Å²) in [7, 11) is 0. The van der Waals surface area contributed by atoms with Gasteiger partial charge < -0.3 is 33.5 Å². The van der Waals surface area contributed by atoms with Crippen molar-refractivity contribution in [3.05, 3.63) is 41.2 Å². The highest BCUT2D eigenvalue weighted by atomic mass is 16.7. The Morgan fingerprint density at radius 2 is 1.46 bits per heavy atom. The zero-order valence-corrected chi connectivity index (χ0v) is 20.2. The number of phenolic OH excluding ortho intramolecular Hbond substituents is 1. The lowest BCUT2D eigenvalue weighted by Gasteiger charge is -2.44. The van der Waals surface area contributed by atoms with Gasteiger partial charge in [-0.2, -0.15) is 0 Å². The number of Topliss-reactive ketones (excluding diaryl/α,β-unsaturated/α-hetero) is 1. The number of carbonyl (C=O) groups is 6. The minimum Gasteiger partial charge on any atom is -0.507 e. The van der Waals surface area contributed by atoms with E-state index in [-0.39, 0.29) is 11.1 Å². The first kappa shape index (κ1) is 27.3. The number of rotatable bonds is 7. The number of ether oxygens (including phenoxy) is 6. The first-order valence-corrected chi connectivity index (χ1v) is 11.0. The Morgan fingerprint density at radius 1 is 0.865 bits per heavy atom. The third kappa shape index (κ3) is 6.30. The summed E-state index contributed by atoms with van der Waals surface area (Å²) in [5.41, 5.74) is -0.366. The van der Waals surface area contributed by atoms with E-state index in [0.717, 1.165) is 33.8 Å². The Bertz CT molecular complexity index is 1170. The second-order valence-corrected chi connectivity index (χ2v) is 8.09. The van der Waals surface area contributed by atoms with Crippen LogP contribution in [0.5, 0.6) is 5.75 Å². The van der Waals surface area contributed by atoms with Crippen molar-refractivity contribution in [2.75, 3.05) is 6.61 Å². The number of ketones is 2. The van der Waals surface area contributed by atoms with Crippen LogP contribution in [-0.2, 0) is 47.6 Å². The lowest BCUT2D eigenvalue weighted by atomic mass is 9.92. The number of hydrogen-bond acceptors (Lipinski definition) is 13. The molecule has 0 bridgehead atoms. The van der Waals surface area contributed by atoms with Gasteiger partial charge in [-0.25, -0.2) is 0 Å². The smallest absolute Gasteiger partial charge is 0.303 e. The molecule has 2 aliphatic rings. The summed E-state index contributed by atoms with van der Waals surface area (Å²) >= 11 is 0. The van der Waals surface area contributed by atoms with Gasteiger partial charge in [0.2, 0.25) is 18.2 Å². The van der Waals surface area contributed by atoms with Gasteiger partial charge >= 0.3 is 23.9 Å². The molecule has 1 saturated heterocycles. The van der Waals surface area contributed by atoms with Gasteiger partial charge in [-0.15, -0.1) is 0 Å². The van der Waals surface area contributed by atoms with Gasteiger partial charge in [0.25, 0.3) is 0 Å². The molecule has 5 atom stereocenters. The summed E-state index contributed by atoms with van der Waals surface area (Å²) < 4.78 is 32.2. The molecule has 37 heavy (non-hydrogen) atoms. The fraction of sp³-hybridized carbons (Fsp3) is 0.417. The predicted octanol–water partition coefficient (Wildman–Crippen LogP) is 0.755. The summed E-state index contributed by atoms with van der Waals surface area (Å²) in [5, 5.41) is 10.2. The largest absolute Gasteiger partial charge is 0.507 e. The van der Waals surface area contributed by atoms with Crippen LogP contribution in [0, 0.1) is 0 Å². The van der Waals surface area contributed by atoms with Crippen molar-refractivity contribution in [3.8, 4) is 5.75 Å². The standard InChI is InChI=1S/C24H24O13/c1-10(25)32-9-18-21(33-11(2)26)22(34-12(3)27)23(35-13(4)28)24(37-18)36-17-8-16(30)14-6-5-7-15(29)19(14)20(17)31/h5-8,18,21-24,29H,9H2,1-4H3/t18-,21-,22-,23-,24+/m0/s1. The zero-order chi connectivity index (χ0) is 27.4. The highest BCUT2D eigenvalue weighted by Crippen LogP contribution is 2.34. The van der Waals surface area contributed by atoms with Gasteiger partial charge in [-0.05, 0) is 6.07 Å². The molecule has 1 aliphatic heterocycles. The van der Waals surface area contributed by atoms with Crippen LogP contribution in [0.1, 0.15) is 48.4 Å². The Balaban J connectivity index is 2.03. The molecule has 0 unspecified atom stereocenters. The molecule has 1 fully saturated rings. The molecule has 1 heterocycles. The summed E-state index contributed by atoms with van der Waals surface area (Å²) in [6, 6.07) is 3.94. The van der Waals surface area contributed by atoms with Crippen LogP contribution < -0.4 is 0 Å². The van der Waals surface area contributed by atoms with E-state index in [0.29, 0.717) is 0 Å². The fourth-order valence-corrected chi connectivity index (χ4v) is 3.87. The van der Waals surface area contributed by atoms with E-state index in [1.54, 1.807) is 0 Å². The van der Waals surface area contributed by atoms with E-state index in [1.807, 2.05) is 0 Å². The molecule has 1 aromatic carbocycles. The maximum atomic E-state index is 13.1. The van der Waals surface area contributed by atoms with Crippen molar-refractivity contribution >= 4 is 35.4 Å². The summed E-state index contributed by atoms with van der Waals surface area (Å²) in [6.07, 6.45) is -6.72. The van der Waals surface area contributed by atoms with Gasteiger partial charge in [-0.3, -0.25) is 28.8 Å². The monoisotopic (exact) mass is 520 g/mol. The molecule has 0 spiro atoms. The van der Waals surface area contributed by atoms with Crippen LogP contribution in [0.3, 0.4) is 0 Å². The number of fused-ring (bicyclic) bond motifs is 1. The van der Waals surface area contributed by atoms with Crippen molar-refractivity contribution < 1.29 is 62.3 Å². The molecule has 0 radical (unpaired) electrons. The van der Waals surface area contributed by atoms with E-state index in [2.05, 4.69) is 0 Å². The third-order valence-electron chi connectivity index (χ3n) is 5.21. The maximum Gasteiger partial charge on any atom is 0.303 e. The predicted molar refractivity (Wildman–Crippen MR) is 118 cm³/mol. The average molecular weight is 520 g/mol. The van der Waals surface area contributed by atoms with Crippen LogP contribution in [0.15, 0.2) is 30.0 Å². The number of carbonyl (C=O) groups excluding carboxylic acids is 6. The second kappa shape index (κ2) is 11.2. The Labute approximate surface area is 210 Å². The van der Waals surface area contributed by atoms with Crippen LogP contribution in [0.2, 0.25) is 0 Å². The first-order chi connectivity index (χ1) is 17.4. The van der Waals surface area contributed by atoms with Gasteiger partial charge in [0.1, 0.15) is 18.5 Å². The first-order valence-electron chi connectivity index (χ1n) is 11.0. The number of phenols is 1. The molecule has 0 aromatic heterocycles. The van der Waals surface area contributed by atoms with Crippen molar-refractivity contribution in [1.82, 2.24) is 0 Å². The second-order valence-electron chi connectivity index (χ2n) is 8.09. The van der Waals surface area contributed by atoms with Crippen LogP contribution in [-0.4, -0.2) is 77.9 Å². The van der Waals surface area contributed by atoms with Gasteiger partial charge in [0, 0.05) is 39.3 Å². The summed E-state index contributed by atoms with van der Waals surface area (Å²) in [6.45, 7) is 3.76. The lowest BCUT2D eigenvalue weighted by Crippen LogP contribution is -2.63. The fourth-order valence-electron chi connectivity index (χ4n) is 3.87. The molecule has 1 aromatic rings. The Morgan fingerprint density at radius 3 is 2.05 bits per heavy atom. The minimum atomic E-state index is -1.71. The quantitative estimate of drug-likeness (QED) is 0.394. The van der Waals surface area contributed by atoms with Crippen LogP contribution in [0.25, 0.3) is 0 Å². The molecular formula is C24H24O13. The number of hydrogen-bond donors (Lipinski definition) is 1. The number of allylic oxidation sites excluding steroid dienone is 2. The Kier molecular flexibility index (Phi) is 8.28. The van der Waals surface area contributed by atoms with E-state index in [9.17, 15) is 33.9 Å². The zero-order valence-electron chi connectivity index (χ0n) is 20.2. The van der Waals surface area contributed by atoms with E-state index in [4.69, 9.17) is 28.4 Å². The Hall–Kier alpha value is -4.26. The molecule has 1 N–H and O–H groups in total. The SMILES string of the molecule is CC(=O)OC[C@@H]1O[C@@H](OC2=CC(=O)c3cccc(O)c3C2=O)[C@@H](OC(C)=O)[C@@H](OC(C)=O)[C@H]1OC(C)=O. The number of aromatic hydroxyl groups is 1. The van der Waals surface area contributed by atoms with Crippen molar-refractivity contribution in [1.29, 1.82) is 0 Å².